The van der Waals surface area contributed by atoms with E-state index in [4.69, 9.17) is 29.9 Å². The van der Waals surface area contributed by atoms with Gasteiger partial charge in [0.1, 0.15) is 22.6 Å². The molecule has 9 nitrogen and oxygen atoms in total. The van der Waals surface area contributed by atoms with E-state index in [1.54, 1.807) is 313 Å². The van der Waals surface area contributed by atoms with Gasteiger partial charge < -0.3 is 9.97 Å². The molecule has 1 saturated heterocycles. The van der Waals surface area contributed by atoms with Gasteiger partial charge in [0.25, 0.3) is 0 Å². The van der Waals surface area contributed by atoms with E-state index in [0.29, 0.717) is 34.6 Å². The maximum Gasteiger partial charge on any atom is 0.164 e. The molecule has 3 unspecified atom stereocenters. The van der Waals surface area contributed by atoms with E-state index in [-0.39, 0.29) is 22.3 Å². The topological polar surface area (TPSA) is 112 Å². The zero-order valence-electron chi connectivity index (χ0n) is 63.8. The van der Waals surface area contributed by atoms with Crippen molar-refractivity contribution in [2.45, 2.75) is 95.4 Å². The number of aromatic nitrogens is 8. The number of nitrogens with zero attached hydrogens (tertiary/aromatic N) is 7. The highest BCUT2D eigenvalue weighted by Crippen LogP contribution is 2.87. The lowest BCUT2D eigenvalue weighted by Gasteiger charge is -2.50. The molecule has 0 radical (unpaired) electrons. The van der Waals surface area contributed by atoms with Crippen LogP contribution in [0.25, 0.3) is 381 Å². The van der Waals surface area contributed by atoms with Gasteiger partial charge in [0.05, 0.1) is 10.8 Å². The first kappa shape index (κ1) is 52.1. The standard InChI is InChI=1S/C107H47N9/c1-103(2,3)25-18-20-27-31(22-25)100-110-96(27)112-101-34-28(13-11-15-32(34)104(4,5)6)97(113-101)108-95-26-19-17-24(21-30(26)99(109-95)111-98-29-14-12-16-33(105(7,8)9)35(29)102(114-98)115-100)94-107-92-85-77-65-57-48-39-37-36-38-42(39)51-58-56-47(38)49-45-40(36)43-44-41(37)46-50(48)63(65)71-69-55(46)53(44)61-60-52(43)54(45)68-70-62(49)64(56)76-78-66(58)67(59(51)57)79(77)88(92)87(78)90-83(76)81(70)84-74(68)72(60)80-73(61)75(69)86(82(71)85)93(107)89(80)91(84)106(90,107)23-116(94)10/h11-22,94H,23H2,1-10H3,(H2,108,109,110,111,112,113,114,115). The van der Waals surface area contributed by atoms with Crippen LogP contribution in [-0.4, -0.2) is 58.4 Å². The molecule has 7 aliphatic rings. The normalized spacial score (nSPS) is 19.9. The molecule has 35 aromatic rings. The minimum absolute atomic E-state index is 0.124. The Hall–Kier alpha value is -13.3. The van der Waals surface area contributed by atoms with Crippen molar-refractivity contribution in [2.24, 2.45) is 0 Å². The number of nitrogens with one attached hydrogen (secondary N) is 2. The summed E-state index contributed by atoms with van der Waals surface area (Å²) in [5.74, 6) is 2.50. The second-order valence-corrected chi connectivity index (χ2v) is 42.2. The first-order valence-corrected chi connectivity index (χ1v) is 42.3. The minimum Gasteiger partial charge on any atom is -0.324 e. The van der Waals surface area contributed by atoms with Crippen molar-refractivity contribution in [1.82, 2.24) is 44.8 Å². The maximum atomic E-state index is 6.02. The van der Waals surface area contributed by atoms with Gasteiger partial charge in [-0.05, 0) is 371 Å². The van der Waals surface area contributed by atoms with Gasteiger partial charge >= 0.3 is 0 Å². The fourth-order valence-corrected chi connectivity index (χ4v) is 33.3. The smallest absolute Gasteiger partial charge is 0.164 e. The Morgan fingerprint density at radius 3 is 0.931 bits per heavy atom. The van der Waals surface area contributed by atoms with Crippen molar-refractivity contribution in [2.75, 3.05) is 13.6 Å². The second-order valence-electron chi connectivity index (χ2n) is 42.2. The fourth-order valence-electron chi connectivity index (χ4n) is 33.3. The third kappa shape index (κ3) is 3.77. The van der Waals surface area contributed by atoms with Crippen molar-refractivity contribution in [1.29, 1.82) is 0 Å². The van der Waals surface area contributed by atoms with Crippen molar-refractivity contribution >= 4 is 335 Å². The van der Waals surface area contributed by atoms with Crippen LogP contribution < -0.4 is 0 Å². The molecule has 2 spiro atoms. The lowest BCUT2D eigenvalue weighted by Crippen LogP contribution is -2.50. The number of H-pyrrole nitrogens is 2. The summed E-state index contributed by atoms with van der Waals surface area (Å²) in [7, 11) is 2.58. The Balaban J connectivity index is 0.700. The average molecular weight is 1460 g/mol. The molecule has 3 aromatic heterocycles. The minimum atomic E-state index is -0.576. The van der Waals surface area contributed by atoms with Crippen LogP contribution in [0.1, 0.15) is 113 Å². The monoisotopic (exact) mass is 1460 g/mol. The molecule has 1 fully saturated rings. The predicted octanol–water partition coefficient (Wildman–Crippen LogP) is 27.1. The van der Waals surface area contributed by atoms with E-state index in [2.05, 4.69) is 157 Å². The highest BCUT2D eigenvalue weighted by Gasteiger charge is 2.76. The van der Waals surface area contributed by atoms with Gasteiger partial charge in [0, 0.05) is 56.4 Å². The largest absolute Gasteiger partial charge is 0.324 e. The number of aromatic amines is 2. The quantitative estimate of drug-likeness (QED) is 0.157. The molecule has 2 N–H and O–H groups in total. The molecule has 4 aliphatic carbocycles. The predicted molar refractivity (Wildman–Crippen MR) is 481 cm³/mol. The molecule has 0 saturated carbocycles. The number of hydrogen-bond donors (Lipinski definition) is 2. The Labute approximate surface area is 647 Å². The van der Waals surface area contributed by atoms with Crippen LogP contribution in [0, 0.1) is 0 Å². The van der Waals surface area contributed by atoms with Crippen LogP contribution in [0.5, 0.6) is 0 Å². The summed E-state index contributed by atoms with van der Waals surface area (Å²) >= 11 is 0. The van der Waals surface area contributed by atoms with Crippen molar-refractivity contribution in [3.05, 3.63) is 117 Å². The van der Waals surface area contributed by atoms with Gasteiger partial charge in [0.2, 0.25) is 0 Å². The Morgan fingerprint density at radius 1 is 0.276 bits per heavy atom. The highest BCUT2D eigenvalue weighted by molar-refractivity contribution is 6.82. The van der Waals surface area contributed by atoms with Gasteiger partial charge in [-0.15, -0.1) is 0 Å². The second kappa shape index (κ2) is 13.4. The zero-order valence-corrected chi connectivity index (χ0v) is 63.8. The molecule has 116 heavy (non-hydrogen) atoms. The third-order valence-electron chi connectivity index (χ3n) is 35.6. The summed E-state index contributed by atoms with van der Waals surface area (Å²) in [6.45, 7) is 21.6. The summed E-state index contributed by atoms with van der Waals surface area (Å²) in [5.41, 5.74) is 16.7. The third-order valence-corrected chi connectivity index (χ3v) is 35.6. The van der Waals surface area contributed by atoms with Crippen LogP contribution in [-0.2, 0) is 27.1 Å². The van der Waals surface area contributed by atoms with Crippen LogP contribution in [0.3, 0.4) is 0 Å². The molecule has 6 heterocycles. The molecule has 9 heteroatoms. The van der Waals surface area contributed by atoms with Gasteiger partial charge in [0.15, 0.2) is 23.3 Å². The van der Waals surface area contributed by atoms with Crippen LogP contribution >= 0.6 is 0 Å². The molecule has 8 bridgehead atoms. The van der Waals surface area contributed by atoms with Crippen molar-refractivity contribution in [3.8, 4) is 45.6 Å². The Morgan fingerprint density at radius 2 is 0.560 bits per heavy atom. The molecule has 42 rings (SSSR count). The average Bonchev–Trinajstić information content (AvgIpc) is 1.38. The van der Waals surface area contributed by atoms with Gasteiger partial charge in [-0.2, -0.15) is 0 Å². The van der Waals surface area contributed by atoms with Crippen molar-refractivity contribution < 1.29 is 0 Å². The summed E-state index contributed by atoms with van der Waals surface area (Å²) < 4.78 is 0. The van der Waals surface area contributed by atoms with Gasteiger partial charge in [-0.3, -0.25) is 4.90 Å². The molecule has 520 valence electrons. The van der Waals surface area contributed by atoms with E-state index in [1.165, 1.54) is 22.3 Å². The molecule has 0 amide bonds. The molecule has 3 atom stereocenters. The number of hydrogen-bond acceptors (Lipinski definition) is 7. The first-order valence-electron chi connectivity index (χ1n) is 42.3. The first-order chi connectivity index (χ1) is 56.5. The van der Waals surface area contributed by atoms with E-state index >= 15 is 0 Å². The number of benzene rings is 21. The fraction of sp³-hybridized carbons (Fsp3) is 0.159. The molecule has 32 aromatic carbocycles. The van der Waals surface area contributed by atoms with E-state index in [0.717, 1.165) is 61.6 Å². The van der Waals surface area contributed by atoms with Crippen LogP contribution in [0.15, 0.2) is 72.8 Å². The zero-order chi connectivity index (χ0) is 73.5. The lowest BCUT2D eigenvalue weighted by atomic mass is 9.49. The molecule has 3 aliphatic heterocycles. The van der Waals surface area contributed by atoms with E-state index < -0.39 is 10.8 Å². The van der Waals surface area contributed by atoms with Crippen LogP contribution in [0.2, 0.25) is 0 Å². The molecular formula is C107H47N9. The van der Waals surface area contributed by atoms with E-state index in [1.807, 2.05) is 0 Å². The van der Waals surface area contributed by atoms with Crippen molar-refractivity contribution in [3.63, 3.8) is 0 Å². The Kier molecular flexibility index (Phi) is 6.00. The van der Waals surface area contributed by atoms with Gasteiger partial charge in [-0.25, -0.2) is 29.9 Å². The number of likely N-dealkylation sites (N-methyl/N-ethyl adjacent to an activating group) is 1. The summed E-state index contributed by atoms with van der Waals surface area (Å²) in [5, 5.41) is 91.5. The molecular weight excluding hydrogens is 1410 g/mol. The maximum absolute atomic E-state index is 6.02. The Bertz CT molecular complexity index is 11100. The summed E-state index contributed by atoms with van der Waals surface area (Å²) in [4.78, 5) is 45.6. The summed E-state index contributed by atoms with van der Waals surface area (Å²) in [6, 6.07) is 27.6. The SMILES string of the molecule is CN1CC23c4c5c6c7c8c9c(c%10c%11c2c2c%12c4c4c%13c5c5c7c7c8c8c%14c9c%10c9c%10c%11c2c2c%11c%12c4c4c%12c%13c5c5c7c7c8c8c%14c9c9c%10c2c2c%11c4c4c%12c5c7c5c8c9c2c45)C63C1c1ccc2c(c1)-c1nc-2nc2[nH]c(nc3nc(nc4[nH]c(n1)c1cccc(C(C)(C)C)c41)-c1cc(C(C)(C)C)ccc1-3)c1c(C(C)(C)C)cccc21. The number of rotatable bonds is 1. The van der Waals surface area contributed by atoms with Crippen LogP contribution in [0.4, 0.5) is 0 Å². The lowest BCUT2D eigenvalue weighted by molar-refractivity contribution is 0.272. The van der Waals surface area contributed by atoms with E-state index in [9.17, 15) is 0 Å². The number of fused-ring (bicyclic) bond motifs is 20. The summed E-state index contributed by atoms with van der Waals surface area (Å²) in [6.07, 6.45) is 0. The number of likely N-dealkylation sites (tertiary alicyclic amines) is 1. The van der Waals surface area contributed by atoms with Gasteiger partial charge in [-0.1, -0.05) is 123 Å². The highest BCUT2D eigenvalue weighted by atomic mass is 15.2.